The molecule has 0 saturated carbocycles. The largest absolute Gasteiger partial charge is 0.377 e. The van der Waals surface area contributed by atoms with Crippen LogP contribution in [0.2, 0.25) is 0 Å². The van der Waals surface area contributed by atoms with Crippen molar-refractivity contribution in [2.45, 2.75) is 13.0 Å². The minimum absolute atomic E-state index is 0.136. The summed E-state index contributed by atoms with van der Waals surface area (Å²) in [6.07, 6.45) is 4.75. The number of anilines is 1. The summed E-state index contributed by atoms with van der Waals surface area (Å²) in [6, 6.07) is 9.27. The number of hydrogen-bond donors (Lipinski definition) is 0. The number of aromatic nitrogens is 4. The molecule has 10 heteroatoms. The fraction of sp³-hybridized carbons (Fsp3) is 0.368. The summed E-state index contributed by atoms with van der Waals surface area (Å²) in [6.45, 7) is 3.96. The van der Waals surface area contributed by atoms with Gasteiger partial charge >= 0.3 is 0 Å². The zero-order valence-electron chi connectivity index (χ0n) is 16.4. The van der Waals surface area contributed by atoms with Crippen LogP contribution in [0.5, 0.6) is 0 Å². The summed E-state index contributed by atoms with van der Waals surface area (Å²) in [5.41, 5.74) is 1.97. The van der Waals surface area contributed by atoms with Crippen LogP contribution in [0.4, 0.5) is 11.6 Å². The second kappa shape index (κ2) is 7.42. The van der Waals surface area contributed by atoms with Crippen LogP contribution in [0.25, 0.3) is 17.0 Å². The first-order valence-corrected chi connectivity index (χ1v) is 11.5. The molecule has 2 aromatic heterocycles. The van der Waals surface area contributed by atoms with Crippen molar-refractivity contribution in [3.63, 3.8) is 0 Å². The predicted octanol–water partition coefficient (Wildman–Crippen LogP) is 2.27. The molecule has 29 heavy (non-hydrogen) atoms. The van der Waals surface area contributed by atoms with E-state index in [0.29, 0.717) is 42.9 Å². The van der Waals surface area contributed by atoms with Crippen LogP contribution in [0.15, 0.2) is 35.0 Å². The zero-order chi connectivity index (χ0) is 20.6. The molecular weight excluding hydrogens is 390 g/mol. The molecule has 3 heterocycles. The third-order valence-electron chi connectivity index (χ3n) is 4.55. The third kappa shape index (κ3) is 4.06. The first kappa shape index (κ1) is 19.3. The number of rotatable bonds is 3. The van der Waals surface area contributed by atoms with Gasteiger partial charge in [-0.05, 0) is 25.1 Å². The van der Waals surface area contributed by atoms with Gasteiger partial charge in [-0.25, -0.2) is 9.19 Å². The molecule has 1 aliphatic rings. The molecule has 1 saturated heterocycles. The first-order chi connectivity index (χ1) is 13.8. The molecular formula is C19H21N7O2S. The molecule has 1 aromatic carbocycles. The van der Waals surface area contributed by atoms with Crippen molar-refractivity contribution in [3.05, 3.63) is 36.2 Å². The second-order valence-corrected chi connectivity index (χ2v) is 9.75. The molecule has 0 amide bonds. The SMILES string of the molecule is C[C@@H]1COCCN1c1cc(N=S(C)(C)=O)nc(-n2cnc3ccc(C#N)cc32)n1. The minimum Gasteiger partial charge on any atom is -0.377 e. The van der Waals surface area contributed by atoms with Crippen molar-refractivity contribution in [3.8, 4) is 12.0 Å². The van der Waals surface area contributed by atoms with Gasteiger partial charge in [-0.2, -0.15) is 19.6 Å². The predicted molar refractivity (Wildman–Crippen MR) is 111 cm³/mol. The summed E-state index contributed by atoms with van der Waals surface area (Å²) in [5, 5.41) is 9.23. The number of nitrogens with zero attached hydrogens (tertiary/aromatic N) is 7. The Hall–Kier alpha value is -3.03. The third-order valence-corrected chi connectivity index (χ3v) is 5.18. The summed E-state index contributed by atoms with van der Waals surface area (Å²) in [5.74, 6) is 1.39. The van der Waals surface area contributed by atoms with Gasteiger partial charge in [0, 0.05) is 34.9 Å². The van der Waals surface area contributed by atoms with Crippen molar-refractivity contribution in [2.75, 3.05) is 37.2 Å². The van der Waals surface area contributed by atoms with Crippen LogP contribution in [0, 0.1) is 11.3 Å². The summed E-state index contributed by atoms with van der Waals surface area (Å²) in [7, 11) is -2.40. The van der Waals surface area contributed by atoms with Gasteiger partial charge in [0.25, 0.3) is 0 Å². The first-order valence-electron chi connectivity index (χ1n) is 9.12. The van der Waals surface area contributed by atoms with Gasteiger partial charge in [0.15, 0.2) is 5.82 Å². The van der Waals surface area contributed by atoms with Crippen molar-refractivity contribution >= 4 is 32.4 Å². The minimum atomic E-state index is -2.40. The Morgan fingerprint density at radius 3 is 2.86 bits per heavy atom. The highest BCUT2D eigenvalue weighted by atomic mass is 32.2. The van der Waals surface area contributed by atoms with E-state index in [1.807, 2.05) is 0 Å². The number of imidazole rings is 1. The molecule has 150 valence electrons. The van der Waals surface area contributed by atoms with E-state index < -0.39 is 9.73 Å². The lowest BCUT2D eigenvalue weighted by atomic mass is 10.2. The number of fused-ring (bicyclic) bond motifs is 1. The Kier molecular flexibility index (Phi) is 4.94. The highest BCUT2D eigenvalue weighted by Crippen LogP contribution is 2.26. The highest BCUT2D eigenvalue weighted by Gasteiger charge is 2.22. The monoisotopic (exact) mass is 411 g/mol. The molecule has 1 atom stereocenters. The van der Waals surface area contributed by atoms with Crippen LogP contribution in [0.3, 0.4) is 0 Å². The standard InChI is InChI=1S/C19H21N7O2S/c1-13-11-28-7-6-25(13)18-9-17(24-29(2,3)27)22-19(23-18)26-12-21-15-5-4-14(10-20)8-16(15)26/h4-5,8-9,12-13H,6-7,11H2,1-3H3/t13-/m1/s1. The van der Waals surface area contributed by atoms with Crippen molar-refractivity contribution in [2.24, 2.45) is 4.36 Å². The van der Waals surface area contributed by atoms with Gasteiger partial charge in [0.2, 0.25) is 5.95 Å². The molecule has 0 aliphatic carbocycles. The highest BCUT2D eigenvalue weighted by molar-refractivity contribution is 7.92. The number of ether oxygens (including phenoxy) is 1. The van der Waals surface area contributed by atoms with E-state index >= 15 is 0 Å². The van der Waals surface area contributed by atoms with E-state index in [1.165, 1.54) is 0 Å². The molecule has 0 unspecified atom stereocenters. The Morgan fingerprint density at radius 2 is 2.14 bits per heavy atom. The Balaban J connectivity index is 1.91. The van der Waals surface area contributed by atoms with E-state index in [1.54, 1.807) is 47.7 Å². The Labute approximate surface area is 169 Å². The van der Waals surface area contributed by atoms with E-state index in [4.69, 9.17) is 9.72 Å². The van der Waals surface area contributed by atoms with Gasteiger partial charge < -0.3 is 9.64 Å². The number of benzene rings is 1. The summed E-state index contributed by atoms with van der Waals surface area (Å²) < 4.78 is 23.8. The fourth-order valence-corrected chi connectivity index (χ4v) is 3.78. The fourth-order valence-electron chi connectivity index (χ4n) is 3.24. The molecule has 0 radical (unpaired) electrons. The van der Waals surface area contributed by atoms with Gasteiger partial charge in [-0.3, -0.25) is 4.57 Å². The molecule has 9 nitrogen and oxygen atoms in total. The van der Waals surface area contributed by atoms with Gasteiger partial charge in [-0.1, -0.05) is 0 Å². The van der Waals surface area contributed by atoms with Gasteiger partial charge in [-0.15, -0.1) is 0 Å². The molecule has 3 aromatic rings. The lowest BCUT2D eigenvalue weighted by molar-refractivity contribution is 0.0985. The maximum atomic E-state index is 12.3. The smallest absolute Gasteiger partial charge is 0.239 e. The van der Waals surface area contributed by atoms with Crippen LogP contribution in [0.1, 0.15) is 12.5 Å². The van der Waals surface area contributed by atoms with E-state index in [2.05, 4.69) is 32.2 Å². The van der Waals surface area contributed by atoms with Crippen molar-refractivity contribution < 1.29 is 8.95 Å². The van der Waals surface area contributed by atoms with Gasteiger partial charge in [0.05, 0.1) is 41.9 Å². The van der Waals surface area contributed by atoms with Crippen molar-refractivity contribution in [1.82, 2.24) is 19.5 Å². The lowest BCUT2D eigenvalue weighted by Crippen LogP contribution is -2.44. The quantitative estimate of drug-likeness (QED) is 0.650. The molecule has 0 bridgehead atoms. The number of morpholine rings is 1. The van der Waals surface area contributed by atoms with E-state index in [0.717, 1.165) is 11.0 Å². The summed E-state index contributed by atoms with van der Waals surface area (Å²) in [4.78, 5) is 15.8. The van der Waals surface area contributed by atoms with Gasteiger partial charge in [0.1, 0.15) is 12.1 Å². The van der Waals surface area contributed by atoms with Crippen molar-refractivity contribution in [1.29, 1.82) is 5.26 Å². The average molecular weight is 411 g/mol. The van der Waals surface area contributed by atoms with E-state index in [9.17, 15) is 9.47 Å². The zero-order valence-corrected chi connectivity index (χ0v) is 17.3. The van der Waals surface area contributed by atoms with Crippen LogP contribution >= 0.6 is 0 Å². The van der Waals surface area contributed by atoms with Crippen LogP contribution < -0.4 is 4.90 Å². The molecule has 0 N–H and O–H groups in total. The number of hydrogen-bond acceptors (Lipinski definition) is 8. The Bertz CT molecular complexity index is 1230. The van der Waals surface area contributed by atoms with Crippen LogP contribution in [-0.2, 0) is 14.5 Å². The van der Waals surface area contributed by atoms with E-state index in [-0.39, 0.29) is 6.04 Å². The van der Waals surface area contributed by atoms with Crippen LogP contribution in [-0.4, -0.2) is 62.0 Å². The number of nitriles is 1. The topological polar surface area (TPSA) is 109 Å². The molecule has 1 aliphatic heterocycles. The maximum Gasteiger partial charge on any atom is 0.239 e. The summed E-state index contributed by atoms with van der Waals surface area (Å²) >= 11 is 0. The molecule has 1 fully saturated rings. The normalized spacial score (nSPS) is 17.3. The average Bonchev–Trinajstić information content (AvgIpc) is 3.10. The molecule has 0 spiro atoms. The molecule has 4 rings (SSSR count). The maximum absolute atomic E-state index is 12.3. The lowest BCUT2D eigenvalue weighted by Gasteiger charge is -2.34. The Morgan fingerprint density at radius 1 is 1.31 bits per heavy atom. The second-order valence-electron chi connectivity index (χ2n) is 7.20.